The minimum atomic E-state index is 0.248. The molecule has 1 saturated carbocycles. The van der Waals surface area contributed by atoms with Gasteiger partial charge in [0.2, 0.25) is 5.91 Å². The number of carbonyl (C=O) groups excluding carboxylic acids is 1. The maximum Gasteiger partial charge on any atom is 0.222 e. The summed E-state index contributed by atoms with van der Waals surface area (Å²) in [4.78, 5) is 14.2. The Labute approximate surface area is 115 Å². The molecule has 0 bridgehead atoms. The molecule has 1 aromatic carbocycles. The van der Waals surface area contributed by atoms with E-state index >= 15 is 0 Å². The van der Waals surface area contributed by atoms with Crippen LogP contribution in [0.1, 0.15) is 56.6 Å². The van der Waals surface area contributed by atoms with E-state index in [1.54, 1.807) is 0 Å². The number of nitrogens with zero attached hydrogens (tertiary/aromatic N) is 1. The molecule has 2 heteroatoms. The molecule has 2 aliphatic rings. The molecule has 0 saturated heterocycles. The van der Waals surface area contributed by atoms with Crippen LogP contribution >= 0.6 is 0 Å². The van der Waals surface area contributed by atoms with Gasteiger partial charge < -0.3 is 4.90 Å². The lowest BCUT2D eigenvalue weighted by Crippen LogP contribution is -2.48. The van der Waals surface area contributed by atoms with Crippen molar-refractivity contribution >= 4 is 5.91 Å². The van der Waals surface area contributed by atoms with Crippen molar-refractivity contribution in [1.82, 2.24) is 4.90 Å². The van der Waals surface area contributed by atoms with Crippen LogP contribution < -0.4 is 0 Å². The topological polar surface area (TPSA) is 20.3 Å². The molecular weight excluding hydrogens is 234 g/mol. The van der Waals surface area contributed by atoms with Gasteiger partial charge in [0.25, 0.3) is 0 Å². The third kappa shape index (κ3) is 2.18. The summed E-state index contributed by atoms with van der Waals surface area (Å²) in [6, 6.07) is 8.77. The third-order valence-corrected chi connectivity index (χ3v) is 4.91. The second kappa shape index (κ2) is 4.99. The Bertz CT molecular complexity index is 474. The van der Waals surface area contributed by atoms with Gasteiger partial charge in [-0.25, -0.2) is 0 Å². The van der Waals surface area contributed by atoms with Crippen molar-refractivity contribution in [2.75, 3.05) is 6.54 Å². The van der Waals surface area contributed by atoms with Crippen molar-refractivity contribution in [3.05, 3.63) is 35.4 Å². The zero-order valence-electron chi connectivity index (χ0n) is 11.8. The van der Waals surface area contributed by atoms with Crippen LogP contribution in [0.25, 0.3) is 0 Å². The predicted molar refractivity (Wildman–Crippen MR) is 76.9 cm³/mol. The van der Waals surface area contributed by atoms with E-state index in [1.165, 1.54) is 43.2 Å². The number of benzene rings is 1. The molecule has 1 spiro atoms. The second-order valence-electron chi connectivity index (χ2n) is 6.10. The molecule has 102 valence electrons. The van der Waals surface area contributed by atoms with E-state index in [9.17, 15) is 4.79 Å². The highest BCUT2D eigenvalue weighted by atomic mass is 16.2. The molecule has 1 amide bonds. The van der Waals surface area contributed by atoms with Gasteiger partial charge in [-0.3, -0.25) is 4.79 Å². The fourth-order valence-electron chi connectivity index (χ4n) is 3.94. The molecule has 3 rings (SSSR count). The number of rotatable bonds is 1. The van der Waals surface area contributed by atoms with E-state index in [-0.39, 0.29) is 5.41 Å². The van der Waals surface area contributed by atoms with Gasteiger partial charge in [0.05, 0.1) is 0 Å². The SMILES string of the molecule is CCC(=O)N1Cc2ccccc2C2(CCCCC2)C1. The van der Waals surface area contributed by atoms with Gasteiger partial charge in [0.1, 0.15) is 0 Å². The van der Waals surface area contributed by atoms with Crippen LogP contribution in [0.2, 0.25) is 0 Å². The van der Waals surface area contributed by atoms with Gasteiger partial charge in [-0.05, 0) is 24.0 Å². The van der Waals surface area contributed by atoms with Crippen molar-refractivity contribution in [1.29, 1.82) is 0 Å². The van der Waals surface area contributed by atoms with Crippen LogP contribution in [0.5, 0.6) is 0 Å². The number of hydrogen-bond acceptors (Lipinski definition) is 1. The molecule has 1 aliphatic heterocycles. The minimum Gasteiger partial charge on any atom is -0.337 e. The van der Waals surface area contributed by atoms with E-state index in [1.807, 2.05) is 6.92 Å². The molecule has 0 N–H and O–H groups in total. The van der Waals surface area contributed by atoms with Crippen LogP contribution in [-0.4, -0.2) is 17.4 Å². The predicted octanol–water partition coefficient (Wildman–Crippen LogP) is 3.64. The molecule has 1 aliphatic carbocycles. The monoisotopic (exact) mass is 257 g/mol. The van der Waals surface area contributed by atoms with Gasteiger partial charge in [0.15, 0.2) is 0 Å². The summed E-state index contributed by atoms with van der Waals surface area (Å²) in [6.45, 7) is 3.72. The van der Waals surface area contributed by atoms with Gasteiger partial charge in [-0.2, -0.15) is 0 Å². The molecule has 0 atom stereocenters. The Kier molecular flexibility index (Phi) is 3.34. The van der Waals surface area contributed by atoms with E-state index < -0.39 is 0 Å². The highest BCUT2D eigenvalue weighted by Crippen LogP contribution is 2.44. The third-order valence-electron chi connectivity index (χ3n) is 4.91. The lowest BCUT2D eigenvalue weighted by molar-refractivity contribution is -0.133. The summed E-state index contributed by atoms with van der Waals surface area (Å²) in [7, 11) is 0. The van der Waals surface area contributed by atoms with E-state index in [2.05, 4.69) is 29.2 Å². The highest BCUT2D eigenvalue weighted by molar-refractivity contribution is 5.76. The van der Waals surface area contributed by atoms with Crippen molar-refractivity contribution in [2.24, 2.45) is 0 Å². The summed E-state index contributed by atoms with van der Waals surface area (Å²) in [5, 5.41) is 0. The van der Waals surface area contributed by atoms with Crippen LogP contribution in [0.15, 0.2) is 24.3 Å². The quantitative estimate of drug-likeness (QED) is 0.752. The molecular formula is C17H23NO. The number of amides is 1. The van der Waals surface area contributed by atoms with E-state index in [4.69, 9.17) is 0 Å². The second-order valence-corrected chi connectivity index (χ2v) is 6.10. The Morgan fingerprint density at radius 2 is 1.95 bits per heavy atom. The Balaban J connectivity index is 2.00. The molecule has 1 heterocycles. The summed E-state index contributed by atoms with van der Waals surface area (Å²) in [6.07, 6.45) is 7.09. The zero-order valence-corrected chi connectivity index (χ0v) is 11.8. The Morgan fingerprint density at radius 1 is 1.21 bits per heavy atom. The molecule has 2 nitrogen and oxygen atoms in total. The molecule has 0 aromatic heterocycles. The number of hydrogen-bond donors (Lipinski definition) is 0. The summed E-state index contributed by atoms with van der Waals surface area (Å²) in [5.41, 5.74) is 3.14. The summed E-state index contributed by atoms with van der Waals surface area (Å²) in [5.74, 6) is 0.305. The molecule has 1 fully saturated rings. The highest BCUT2D eigenvalue weighted by Gasteiger charge is 2.41. The number of carbonyl (C=O) groups is 1. The molecule has 0 radical (unpaired) electrons. The van der Waals surface area contributed by atoms with Crippen molar-refractivity contribution in [3.8, 4) is 0 Å². The van der Waals surface area contributed by atoms with Crippen LogP contribution in [-0.2, 0) is 16.8 Å². The Hall–Kier alpha value is -1.31. The maximum atomic E-state index is 12.1. The van der Waals surface area contributed by atoms with Gasteiger partial charge in [-0.1, -0.05) is 50.5 Å². The average Bonchev–Trinajstić information content (AvgIpc) is 2.47. The van der Waals surface area contributed by atoms with Crippen molar-refractivity contribution in [3.63, 3.8) is 0 Å². The van der Waals surface area contributed by atoms with Gasteiger partial charge >= 0.3 is 0 Å². The first-order valence-corrected chi connectivity index (χ1v) is 7.61. The first-order valence-electron chi connectivity index (χ1n) is 7.61. The lowest BCUT2D eigenvalue weighted by atomic mass is 9.66. The standard InChI is InChI=1S/C17H23NO/c1-2-16(19)18-12-14-8-4-5-9-15(14)17(13-18)10-6-3-7-11-17/h4-5,8-9H,2-3,6-7,10-13H2,1H3. The van der Waals surface area contributed by atoms with Crippen LogP contribution in [0.4, 0.5) is 0 Å². The normalized spacial score (nSPS) is 21.2. The zero-order chi connectivity index (χ0) is 13.3. The fraction of sp³-hybridized carbons (Fsp3) is 0.588. The Morgan fingerprint density at radius 3 is 2.68 bits per heavy atom. The fourth-order valence-corrected chi connectivity index (χ4v) is 3.94. The smallest absolute Gasteiger partial charge is 0.222 e. The van der Waals surface area contributed by atoms with Gasteiger partial charge in [0, 0.05) is 24.9 Å². The van der Waals surface area contributed by atoms with Crippen LogP contribution in [0, 0.1) is 0 Å². The first kappa shape index (κ1) is 12.7. The average molecular weight is 257 g/mol. The molecule has 1 aromatic rings. The molecule has 0 unspecified atom stereocenters. The number of fused-ring (bicyclic) bond motifs is 2. The molecule has 19 heavy (non-hydrogen) atoms. The summed E-state index contributed by atoms with van der Waals surface area (Å²) < 4.78 is 0. The van der Waals surface area contributed by atoms with Gasteiger partial charge in [-0.15, -0.1) is 0 Å². The van der Waals surface area contributed by atoms with Crippen molar-refractivity contribution in [2.45, 2.75) is 57.4 Å². The minimum absolute atomic E-state index is 0.248. The van der Waals surface area contributed by atoms with Crippen molar-refractivity contribution < 1.29 is 4.79 Å². The van der Waals surface area contributed by atoms with E-state index in [0.29, 0.717) is 12.3 Å². The first-order chi connectivity index (χ1) is 9.25. The van der Waals surface area contributed by atoms with Crippen LogP contribution in [0.3, 0.4) is 0 Å². The van der Waals surface area contributed by atoms with E-state index in [0.717, 1.165) is 13.1 Å². The maximum absolute atomic E-state index is 12.1. The summed E-state index contributed by atoms with van der Waals surface area (Å²) >= 11 is 0. The lowest BCUT2D eigenvalue weighted by Gasteiger charge is -2.46. The largest absolute Gasteiger partial charge is 0.337 e.